The summed E-state index contributed by atoms with van der Waals surface area (Å²) < 4.78 is 4.53. The Morgan fingerprint density at radius 2 is 1.82 bits per heavy atom. The van der Waals surface area contributed by atoms with Crippen LogP contribution in [0.25, 0.3) is 6.08 Å². The zero-order valence-corrected chi connectivity index (χ0v) is 10.6. The van der Waals surface area contributed by atoms with E-state index in [9.17, 15) is 4.79 Å². The SMILES string of the molecule is CCN(CC)c1ccc(/C=C/C(=O)OC)cc1. The highest BCUT2D eigenvalue weighted by molar-refractivity contribution is 5.86. The first-order valence-corrected chi connectivity index (χ1v) is 5.82. The van der Waals surface area contributed by atoms with E-state index in [-0.39, 0.29) is 5.97 Å². The third kappa shape index (κ3) is 3.94. The average molecular weight is 233 g/mol. The summed E-state index contributed by atoms with van der Waals surface area (Å²) in [5.41, 5.74) is 2.19. The summed E-state index contributed by atoms with van der Waals surface area (Å²) in [4.78, 5) is 13.2. The maximum atomic E-state index is 10.9. The molecule has 0 spiro atoms. The number of benzene rings is 1. The van der Waals surface area contributed by atoms with Crippen molar-refractivity contribution in [2.45, 2.75) is 13.8 Å². The van der Waals surface area contributed by atoms with Gasteiger partial charge in [0.2, 0.25) is 0 Å². The monoisotopic (exact) mass is 233 g/mol. The Kier molecular flexibility index (Phi) is 5.27. The van der Waals surface area contributed by atoms with Crippen molar-refractivity contribution in [1.82, 2.24) is 0 Å². The number of esters is 1. The molecule has 17 heavy (non-hydrogen) atoms. The number of carbonyl (C=O) groups excluding carboxylic acids is 1. The third-order valence-corrected chi connectivity index (χ3v) is 2.63. The first-order valence-electron chi connectivity index (χ1n) is 5.82. The summed E-state index contributed by atoms with van der Waals surface area (Å²) in [6, 6.07) is 8.11. The van der Waals surface area contributed by atoms with Crippen LogP contribution in [-0.4, -0.2) is 26.2 Å². The molecule has 0 radical (unpaired) electrons. The van der Waals surface area contributed by atoms with Crippen molar-refractivity contribution in [2.75, 3.05) is 25.1 Å². The van der Waals surface area contributed by atoms with E-state index in [1.165, 1.54) is 18.9 Å². The molecule has 0 unspecified atom stereocenters. The maximum absolute atomic E-state index is 10.9. The molecule has 1 aromatic carbocycles. The molecule has 1 aromatic rings. The molecule has 0 fully saturated rings. The lowest BCUT2D eigenvalue weighted by molar-refractivity contribution is -0.134. The number of methoxy groups -OCH3 is 1. The minimum atomic E-state index is -0.335. The fraction of sp³-hybridized carbons (Fsp3) is 0.357. The van der Waals surface area contributed by atoms with Gasteiger partial charge in [0.25, 0.3) is 0 Å². The number of hydrogen-bond acceptors (Lipinski definition) is 3. The van der Waals surface area contributed by atoms with E-state index in [0.29, 0.717) is 0 Å². The Morgan fingerprint density at radius 3 is 2.29 bits per heavy atom. The number of carbonyl (C=O) groups is 1. The first kappa shape index (κ1) is 13.3. The van der Waals surface area contributed by atoms with Crippen LogP contribution in [0.4, 0.5) is 5.69 Å². The second kappa shape index (κ2) is 6.74. The van der Waals surface area contributed by atoms with Crippen molar-refractivity contribution in [3.05, 3.63) is 35.9 Å². The van der Waals surface area contributed by atoms with E-state index in [1.807, 2.05) is 12.1 Å². The van der Waals surface area contributed by atoms with Crippen molar-refractivity contribution in [3.8, 4) is 0 Å². The van der Waals surface area contributed by atoms with Crippen LogP contribution in [0.3, 0.4) is 0 Å². The molecule has 1 rings (SSSR count). The van der Waals surface area contributed by atoms with Gasteiger partial charge in [0, 0.05) is 24.9 Å². The van der Waals surface area contributed by atoms with Gasteiger partial charge >= 0.3 is 5.97 Å². The van der Waals surface area contributed by atoms with Gasteiger partial charge in [0.1, 0.15) is 0 Å². The molecular formula is C14H19NO2. The highest BCUT2D eigenvalue weighted by Gasteiger charge is 2.00. The molecule has 0 aliphatic heterocycles. The largest absolute Gasteiger partial charge is 0.466 e. The summed E-state index contributed by atoms with van der Waals surface area (Å²) in [6.45, 7) is 6.25. The Hall–Kier alpha value is -1.77. The molecule has 0 atom stereocenters. The summed E-state index contributed by atoms with van der Waals surface area (Å²) in [5.74, 6) is -0.335. The van der Waals surface area contributed by atoms with Crippen LogP contribution >= 0.6 is 0 Å². The molecule has 0 amide bonds. The van der Waals surface area contributed by atoms with Gasteiger partial charge in [-0.1, -0.05) is 12.1 Å². The standard InChI is InChI=1S/C14H19NO2/c1-4-15(5-2)13-9-6-12(7-10-13)8-11-14(16)17-3/h6-11H,4-5H2,1-3H3/b11-8+. The highest BCUT2D eigenvalue weighted by Crippen LogP contribution is 2.15. The van der Waals surface area contributed by atoms with Crippen LogP contribution in [0.2, 0.25) is 0 Å². The van der Waals surface area contributed by atoms with Crippen LogP contribution in [0.5, 0.6) is 0 Å². The van der Waals surface area contributed by atoms with Crippen molar-refractivity contribution in [2.24, 2.45) is 0 Å². The minimum absolute atomic E-state index is 0.335. The molecule has 0 saturated heterocycles. The van der Waals surface area contributed by atoms with Crippen LogP contribution in [0.15, 0.2) is 30.3 Å². The normalized spacial score (nSPS) is 10.5. The van der Waals surface area contributed by atoms with Crippen LogP contribution in [-0.2, 0) is 9.53 Å². The minimum Gasteiger partial charge on any atom is -0.466 e. The second-order valence-electron chi connectivity index (χ2n) is 3.62. The van der Waals surface area contributed by atoms with Crippen molar-refractivity contribution < 1.29 is 9.53 Å². The average Bonchev–Trinajstić information content (AvgIpc) is 2.38. The number of ether oxygens (including phenoxy) is 1. The van der Waals surface area contributed by atoms with Crippen molar-refractivity contribution in [1.29, 1.82) is 0 Å². The zero-order valence-electron chi connectivity index (χ0n) is 10.6. The maximum Gasteiger partial charge on any atom is 0.330 e. The van der Waals surface area contributed by atoms with Gasteiger partial charge in [-0.3, -0.25) is 0 Å². The smallest absolute Gasteiger partial charge is 0.330 e. The Bertz CT molecular complexity index is 378. The van der Waals surface area contributed by atoms with Gasteiger partial charge in [-0.05, 0) is 37.6 Å². The van der Waals surface area contributed by atoms with E-state index in [0.717, 1.165) is 18.7 Å². The Balaban J connectivity index is 2.74. The van der Waals surface area contributed by atoms with E-state index in [2.05, 4.69) is 35.6 Å². The quantitative estimate of drug-likeness (QED) is 0.578. The zero-order chi connectivity index (χ0) is 12.7. The first-order chi connectivity index (χ1) is 8.21. The molecule has 0 aromatic heterocycles. The lowest BCUT2D eigenvalue weighted by atomic mass is 10.2. The molecule has 0 saturated carbocycles. The molecule has 0 aliphatic carbocycles. The summed E-state index contributed by atoms with van der Waals surface area (Å²) in [7, 11) is 1.37. The lowest BCUT2D eigenvalue weighted by Crippen LogP contribution is -2.21. The van der Waals surface area contributed by atoms with E-state index < -0.39 is 0 Å². The molecule has 0 N–H and O–H groups in total. The Morgan fingerprint density at radius 1 is 1.24 bits per heavy atom. The summed E-state index contributed by atoms with van der Waals surface area (Å²) in [5, 5.41) is 0. The van der Waals surface area contributed by atoms with Gasteiger partial charge in [0.05, 0.1) is 7.11 Å². The van der Waals surface area contributed by atoms with Crippen LogP contribution in [0, 0.1) is 0 Å². The number of anilines is 1. The van der Waals surface area contributed by atoms with Crippen molar-refractivity contribution in [3.63, 3.8) is 0 Å². The van der Waals surface area contributed by atoms with Crippen molar-refractivity contribution >= 4 is 17.7 Å². The molecule has 0 bridgehead atoms. The summed E-state index contributed by atoms with van der Waals surface area (Å²) in [6.07, 6.45) is 3.17. The molecule has 0 aliphatic rings. The van der Waals surface area contributed by atoms with Gasteiger partial charge in [0.15, 0.2) is 0 Å². The molecule has 92 valence electrons. The number of rotatable bonds is 5. The highest BCUT2D eigenvalue weighted by atomic mass is 16.5. The predicted molar refractivity (Wildman–Crippen MR) is 71.1 cm³/mol. The molecule has 3 nitrogen and oxygen atoms in total. The lowest BCUT2D eigenvalue weighted by Gasteiger charge is -2.20. The van der Waals surface area contributed by atoms with E-state index in [4.69, 9.17) is 0 Å². The van der Waals surface area contributed by atoms with Gasteiger partial charge in [-0.15, -0.1) is 0 Å². The fourth-order valence-electron chi connectivity index (χ4n) is 1.62. The van der Waals surface area contributed by atoms with Crippen LogP contribution in [0.1, 0.15) is 19.4 Å². The van der Waals surface area contributed by atoms with E-state index in [1.54, 1.807) is 6.08 Å². The number of nitrogens with zero attached hydrogens (tertiary/aromatic N) is 1. The molecular weight excluding hydrogens is 214 g/mol. The topological polar surface area (TPSA) is 29.5 Å². The van der Waals surface area contributed by atoms with Gasteiger partial charge < -0.3 is 9.64 Å². The fourth-order valence-corrected chi connectivity index (χ4v) is 1.62. The molecule has 0 heterocycles. The number of hydrogen-bond donors (Lipinski definition) is 0. The van der Waals surface area contributed by atoms with E-state index >= 15 is 0 Å². The van der Waals surface area contributed by atoms with Gasteiger partial charge in [-0.25, -0.2) is 4.79 Å². The third-order valence-electron chi connectivity index (χ3n) is 2.63. The second-order valence-corrected chi connectivity index (χ2v) is 3.62. The van der Waals surface area contributed by atoms with Crippen LogP contribution < -0.4 is 4.90 Å². The Labute approximate surface area is 103 Å². The predicted octanol–water partition coefficient (Wildman–Crippen LogP) is 2.72. The summed E-state index contributed by atoms with van der Waals surface area (Å²) >= 11 is 0. The van der Waals surface area contributed by atoms with Gasteiger partial charge in [-0.2, -0.15) is 0 Å². The molecule has 3 heteroatoms.